The Morgan fingerprint density at radius 2 is 2.15 bits per heavy atom. The number of aromatic nitrogens is 2. The molecular weight excluding hydrogens is 274 g/mol. The number of fused-ring (bicyclic) bond motifs is 1. The topological polar surface area (TPSA) is 30.3 Å². The third-order valence-electron chi connectivity index (χ3n) is 3.69. The van der Waals surface area contributed by atoms with E-state index < -0.39 is 0 Å². The van der Waals surface area contributed by atoms with E-state index in [2.05, 4.69) is 36.6 Å². The van der Waals surface area contributed by atoms with E-state index in [0.29, 0.717) is 11.9 Å². The smallest absolute Gasteiger partial charge is 0.146 e. The van der Waals surface area contributed by atoms with Gasteiger partial charge in [-0.15, -0.1) is 11.6 Å². The maximum Gasteiger partial charge on any atom is 0.146 e. The summed E-state index contributed by atoms with van der Waals surface area (Å²) in [4.78, 5) is 6.93. The zero-order valence-electron chi connectivity index (χ0n) is 12.6. The Labute approximate surface area is 125 Å². The minimum atomic E-state index is 0.424. The van der Waals surface area contributed by atoms with Gasteiger partial charge in [0.25, 0.3) is 0 Å². The van der Waals surface area contributed by atoms with Gasteiger partial charge < -0.3 is 14.2 Å². The zero-order chi connectivity index (χ0) is 14.7. The van der Waals surface area contributed by atoms with Crippen LogP contribution in [0.1, 0.15) is 12.7 Å². The lowest BCUT2D eigenvalue weighted by Crippen LogP contribution is -2.29. The van der Waals surface area contributed by atoms with E-state index in [9.17, 15) is 0 Å². The molecule has 0 fully saturated rings. The predicted molar refractivity (Wildman–Crippen MR) is 83.9 cm³/mol. The number of rotatable bonds is 6. The second-order valence-corrected chi connectivity index (χ2v) is 5.60. The highest BCUT2D eigenvalue weighted by atomic mass is 35.5. The van der Waals surface area contributed by atoms with Gasteiger partial charge in [0, 0.05) is 24.9 Å². The quantitative estimate of drug-likeness (QED) is 0.768. The lowest BCUT2D eigenvalue weighted by atomic mass is 10.2. The van der Waals surface area contributed by atoms with E-state index in [-0.39, 0.29) is 0 Å². The molecule has 1 unspecified atom stereocenters. The fraction of sp³-hybridized carbons (Fsp3) is 0.533. The summed E-state index contributed by atoms with van der Waals surface area (Å²) in [6, 6.07) is 6.46. The van der Waals surface area contributed by atoms with Crippen molar-refractivity contribution >= 4 is 22.6 Å². The zero-order valence-corrected chi connectivity index (χ0v) is 13.3. The number of benzene rings is 1. The summed E-state index contributed by atoms with van der Waals surface area (Å²) in [5.41, 5.74) is 2.03. The molecule has 1 atom stereocenters. The minimum absolute atomic E-state index is 0.424. The molecule has 0 bridgehead atoms. The molecule has 1 heterocycles. The summed E-state index contributed by atoms with van der Waals surface area (Å²) in [7, 11) is 5.86. The van der Waals surface area contributed by atoms with Crippen molar-refractivity contribution < 1.29 is 4.74 Å². The standard InChI is InChI=1S/C15H22ClN3O/c1-11(18(2)3)10-19-12-6-5-7-13(20-4)15(12)17-14(19)8-9-16/h5-7,11H,8-10H2,1-4H3. The number of aryl methyl sites for hydroxylation is 1. The number of hydrogen-bond acceptors (Lipinski definition) is 3. The van der Waals surface area contributed by atoms with Crippen LogP contribution in [0.5, 0.6) is 5.75 Å². The molecule has 0 saturated carbocycles. The van der Waals surface area contributed by atoms with Gasteiger partial charge in [-0.25, -0.2) is 4.98 Å². The largest absolute Gasteiger partial charge is 0.494 e. The van der Waals surface area contributed by atoms with E-state index in [1.807, 2.05) is 12.1 Å². The normalized spacial score (nSPS) is 13.1. The minimum Gasteiger partial charge on any atom is -0.494 e. The molecule has 0 radical (unpaired) electrons. The number of nitrogens with zero attached hydrogens (tertiary/aromatic N) is 3. The summed E-state index contributed by atoms with van der Waals surface area (Å²) in [5, 5.41) is 0. The fourth-order valence-electron chi connectivity index (χ4n) is 2.24. The number of ether oxygens (including phenoxy) is 1. The number of alkyl halides is 1. The van der Waals surface area contributed by atoms with Crippen LogP contribution in [0.4, 0.5) is 0 Å². The van der Waals surface area contributed by atoms with Crippen molar-refractivity contribution in [3.05, 3.63) is 24.0 Å². The molecule has 0 aliphatic heterocycles. The average Bonchev–Trinajstić information content (AvgIpc) is 2.77. The van der Waals surface area contributed by atoms with Crippen LogP contribution >= 0.6 is 11.6 Å². The molecule has 2 aromatic rings. The Kier molecular flexibility index (Phi) is 4.89. The van der Waals surface area contributed by atoms with Crippen LogP contribution in [0.2, 0.25) is 0 Å². The predicted octanol–water partition coefficient (Wildman–Crippen LogP) is 2.78. The Morgan fingerprint density at radius 3 is 2.75 bits per heavy atom. The summed E-state index contributed by atoms with van der Waals surface area (Å²) >= 11 is 5.91. The van der Waals surface area contributed by atoms with Crippen molar-refractivity contribution in [1.82, 2.24) is 14.5 Å². The van der Waals surface area contributed by atoms with Crippen molar-refractivity contribution in [3.8, 4) is 5.75 Å². The third-order valence-corrected chi connectivity index (χ3v) is 3.88. The van der Waals surface area contributed by atoms with Crippen LogP contribution in [0.25, 0.3) is 11.0 Å². The summed E-state index contributed by atoms with van der Waals surface area (Å²) in [5.74, 6) is 2.41. The highest BCUT2D eigenvalue weighted by Gasteiger charge is 2.16. The summed E-state index contributed by atoms with van der Waals surface area (Å²) in [6.45, 7) is 3.10. The SMILES string of the molecule is COc1cccc2c1nc(CCCl)n2CC(C)N(C)C. The van der Waals surface area contributed by atoms with Gasteiger partial charge in [-0.05, 0) is 33.2 Å². The fourth-order valence-corrected chi connectivity index (χ4v) is 2.41. The number of halogens is 1. The first-order valence-electron chi connectivity index (χ1n) is 6.83. The maximum absolute atomic E-state index is 5.91. The van der Waals surface area contributed by atoms with Crippen molar-refractivity contribution in [2.24, 2.45) is 0 Å². The first kappa shape index (κ1) is 15.1. The number of methoxy groups -OCH3 is 1. The van der Waals surface area contributed by atoms with Crippen LogP contribution in [-0.2, 0) is 13.0 Å². The van der Waals surface area contributed by atoms with Crippen molar-refractivity contribution in [2.75, 3.05) is 27.1 Å². The molecule has 0 N–H and O–H groups in total. The van der Waals surface area contributed by atoms with Crippen LogP contribution in [0, 0.1) is 0 Å². The number of imidazole rings is 1. The number of hydrogen-bond donors (Lipinski definition) is 0. The highest BCUT2D eigenvalue weighted by molar-refractivity contribution is 6.17. The van der Waals surface area contributed by atoms with Crippen LogP contribution in [-0.4, -0.2) is 47.6 Å². The van der Waals surface area contributed by atoms with E-state index in [0.717, 1.165) is 35.6 Å². The van der Waals surface area contributed by atoms with Crippen molar-refractivity contribution in [3.63, 3.8) is 0 Å². The molecule has 0 aliphatic rings. The Morgan fingerprint density at radius 1 is 1.40 bits per heavy atom. The van der Waals surface area contributed by atoms with Crippen LogP contribution < -0.4 is 4.74 Å². The van der Waals surface area contributed by atoms with E-state index in [1.54, 1.807) is 7.11 Å². The first-order chi connectivity index (χ1) is 9.58. The Balaban J connectivity index is 2.51. The van der Waals surface area contributed by atoms with Gasteiger partial charge in [-0.3, -0.25) is 0 Å². The van der Waals surface area contributed by atoms with Gasteiger partial charge in [-0.1, -0.05) is 6.07 Å². The van der Waals surface area contributed by atoms with E-state index in [1.165, 1.54) is 0 Å². The maximum atomic E-state index is 5.91. The van der Waals surface area contributed by atoms with Crippen LogP contribution in [0.15, 0.2) is 18.2 Å². The molecule has 0 amide bonds. The Hall–Kier alpha value is -1.26. The van der Waals surface area contributed by atoms with Gasteiger partial charge >= 0.3 is 0 Å². The average molecular weight is 296 g/mol. The molecule has 110 valence electrons. The van der Waals surface area contributed by atoms with Crippen molar-refractivity contribution in [1.29, 1.82) is 0 Å². The summed E-state index contributed by atoms with van der Waals surface area (Å²) in [6.07, 6.45) is 0.763. The lowest BCUT2D eigenvalue weighted by Gasteiger charge is -2.21. The molecule has 5 heteroatoms. The number of para-hydroxylation sites is 1. The second kappa shape index (κ2) is 6.46. The van der Waals surface area contributed by atoms with Gasteiger partial charge in [0.05, 0.1) is 12.6 Å². The first-order valence-corrected chi connectivity index (χ1v) is 7.36. The van der Waals surface area contributed by atoms with Gasteiger partial charge in [-0.2, -0.15) is 0 Å². The Bertz CT molecular complexity index is 580. The van der Waals surface area contributed by atoms with Gasteiger partial charge in [0.15, 0.2) is 0 Å². The van der Waals surface area contributed by atoms with Crippen molar-refractivity contribution in [2.45, 2.75) is 25.9 Å². The molecule has 4 nitrogen and oxygen atoms in total. The molecule has 2 rings (SSSR count). The second-order valence-electron chi connectivity index (χ2n) is 5.22. The van der Waals surface area contributed by atoms with E-state index >= 15 is 0 Å². The van der Waals surface area contributed by atoms with E-state index in [4.69, 9.17) is 21.3 Å². The molecule has 1 aromatic carbocycles. The molecule has 0 aliphatic carbocycles. The summed E-state index contributed by atoms with van der Waals surface area (Å²) < 4.78 is 7.66. The highest BCUT2D eigenvalue weighted by Crippen LogP contribution is 2.26. The third kappa shape index (κ3) is 2.91. The van der Waals surface area contributed by atoms with Crippen LogP contribution in [0.3, 0.4) is 0 Å². The monoisotopic (exact) mass is 295 g/mol. The molecule has 1 aromatic heterocycles. The molecular formula is C15H22ClN3O. The number of likely N-dealkylation sites (N-methyl/N-ethyl adjacent to an activating group) is 1. The molecule has 20 heavy (non-hydrogen) atoms. The lowest BCUT2D eigenvalue weighted by molar-refractivity contribution is 0.284. The van der Waals surface area contributed by atoms with Gasteiger partial charge in [0.1, 0.15) is 17.1 Å². The molecule has 0 spiro atoms. The van der Waals surface area contributed by atoms with Gasteiger partial charge in [0.2, 0.25) is 0 Å². The molecule has 0 saturated heterocycles.